The van der Waals surface area contributed by atoms with Crippen molar-refractivity contribution >= 4 is 17.0 Å². The molecule has 0 spiro atoms. The van der Waals surface area contributed by atoms with Crippen LogP contribution in [0.5, 0.6) is 0 Å². The van der Waals surface area contributed by atoms with E-state index >= 15 is 0 Å². The van der Waals surface area contributed by atoms with Crippen LogP contribution in [-0.2, 0) is 0 Å². The molecular formula is C11H9N3OS. The summed E-state index contributed by atoms with van der Waals surface area (Å²) in [4.78, 5) is 20.3. The second-order valence-corrected chi connectivity index (χ2v) is 4.81. The third kappa shape index (κ3) is 1.25. The Labute approximate surface area is 95.6 Å². The zero-order chi connectivity index (χ0) is 11.3. The van der Waals surface area contributed by atoms with Gasteiger partial charge in [-0.3, -0.25) is 9.20 Å². The number of nitrogens with zero attached hydrogens (tertiary/aromatic N) is 3. The van der Waals surface area contributed by atoms with Crippen LogP contribution in [0.4, 0.5) is 0 Å². The van der Waals surface area contributed by atoms with Gasteiger partial charge in [0.25, 0.3) is 0 Å². The van der Waals surface area contributed by atoms with Gasteiger partial charge in [-0.15, -0.1) is 0 Å². The number of fused-ring (bicyclic) bond motifs is 3. The molecule has 80 valence electrons. The van der Waals surface area contributed by atoms with Crippen LogP contribution in [0, 0.1) is 13.8 Å². The summed E-state index contributed by atoms with van der Waals surface area (Å²) in [6, 6.07) is 2.07. The van der Waals surface area contributed by atoms with Crippen LogP contribution in [0.3, 0.4) is 0 Å². The quantitative estimate of drug-likeness (QED) is 0.593. The molecule has 0 radical (unpaired) electrons. The molecule has 0 unspecified atom stereocenters. The Morgan fingerprint density at radius 3 is 3.00 bits per heavy atom. The van der Waals surface area contributed by atoms with E-state index in [9.17, 15) is 4.79 Å². The maximum atomic E-state index is 11.3. The summed E-state index contributed by atoms with van der Waals surface area (Å²) in [5.74, 6) is 0.701. The molecule has 1 aromatic rings. The van der Waals surface area contributed by atoms with Crippen LogP contribution in [0.15, 0.2) is 23.3 Å². The van der Waals surface area contributed by atoms with Gasteiger partial charge in [0.15, 0.2) is 5.82 Å². The Bertz CT molecular complexity index is 713. The zero-order valence-electron chi connectivity index (χ0n) is 8.89. The van der Waals surface area contributed by atoms with E-state index in [4.69, 9.17) is 0 Å². The molecule has 0 N–H and O–H groups in total. The standard InChI is InChI=1S/C11H9N3OS/c1-6-3-7(2)9-12-4-8-10(14(9)5-6)13-11(15)16-8/h3-5H,1-2H3. The van der Waals surface area contributed by atoms with E-state index in [1.54, 1.807) is 6.20 Å². The topological polar surface area (TPSA) is 47.3 Å². The van der Waals surface area contributed by atoms with Crippen molar-refractivity contribution in [3.8, 4) is 10.7 Å². The number of aryl methyl sites for hydroxylation is 2. The lowest BCUT2D eigenvalue weighted by Gasteiger charge is -2.08. The normalized spacial score (nSPS) is 11.4. The van der Waals surface area contributed by atoms with E-state index in [0.717, 1.165) is 33.0 Å². The number of rotatable bonds is 0. The number of hydrogen-bond donors (Lipinski definition) is 0. The minimum atomic E-state index is -0.170. The van der Waals surface area contributed by atoms with Gasteiger partial charge in [0.1, 0.15) is 5.65 Å². The summed E-state index contributed by atoms with van der Waals surface area (Å²) in [6.07, 6.45) is 3.67. The van der Waals surface area contributed by atoms with Crippen LogP contribution in [0.1, 0.15) is 11.1 Å². The summed E-state index contributed by atoms with van der Waals surface area (Å²) < 4.78 is 1.89. The van der Waals surface area contributed by atoms with Crippen LogP contribution in [0.25, 0.3) is 16.3 Å². The Morgan fingerprint density at radius 2 is 2.19 bits per heavy atom. The van der Waals surface area contributed by atoms with Gasteiger partial charge in [0.2, 0.25) is 0 Å². The van der Waals surface area contributed by atoms with Crippen molar-refractivity contribution in [3.63, 3.8) is 0 Å². The van der Waals surface area contributed by atoms with Crippen LogP contribution < -0.4 is 4.87 Å². The Hall–Kier alpha value is -1.75. The zero-order valence-corrected chi connectivity index (χ0v) is 9.71. The molecule has 16 heavy (non-hydrogen) atoms. The monoisotopic (exact) mass is 231 g/mol. The van der Waals surface area contributed by atoms with Gasteiger partial charge in [-0.05, 0) is 25.0 Å². The minimum Gasteiger partial charge on any atom is -0.284 e. The van der Waals surface area contributed by atoms with E-state index < -0.39 is 0 Å². The molecule has 2 aliphatic heterocycles. The second kappa shape index (κ2) is 3.12. The van der Waals surface area contributed by atoms with Crippen LogP contribution >= 0.6 is 11.3 Å². The Morgan fingerprint density at radius 1 is 1.38 bits per heavy atom. The Balaban J connectivity index is 2.58. The molecule has 0 bridgehead atoms. The number of thiazole rings is 1. The predicted octanol–water partition coefficient (Wildman–Crippen LogP) is 1.87. The fourth-order valence-corrected chi connectivity index (χ4v) is 2.57. The van der Waals surface area contributed by atoms with Crippen molar-refractivity contribution in [3.05, 3.63) is 39.3 Å². The maximum Gasteiger partial charge on any atom is 0.329 e. The van der Waals surface area contributed by atoms with Crippen LogP contribution in [-0.4, -0.2) is 14.4 Å². The summed E-state index contributed by atoms with van der Waals surface area (Å²) in [7, 11) is 0. The minimum absolute atomic E-state index is 0.170. The highest BCUT2D eigenvalue weighted by Crippen LogP contribution is 2.23. The fraction of sp³-hybridized carbons (Fsp3) is 0.182. The lowest BCUT2D eigenvalue weighted by Crippen LogP contribution is -2.02. The molecule has 5 heteroatoms. The van der Waals surface area contributed by atoms with E-state index in [-0.39, 0.29) is 4.87 Å². The average Bonchev–Trinajstić information content (AvgIpc) is 2.58. The summed E-state index contributed by atoms with van der Waals surface area (Å²) in [6.45, 7) is 4.02. The van der Waals surface area contributed by atoms with Crippen molar-refractivity contribution in [2.24, 2.45) is 0 Å². The van der Waals surface area contributed by atoms with Gasteiger partial charge >= 0.3 is 4.87 Å². The smallest absolute Gasteiger partial charge is 0.284 e. The van der Waals surface area contributed by atoms with Crippen molar-refractivity contribution in [2.45, 2.75) is 13.8 Å². The largest absolute Gasteiger partial charge is 0.329 e. The summed E-state index contributed by atoms with van der Waals surface area (Å²) >= 11 is 1.13. The van der Waals surface area contributed by atoms with Gasteiger partial charge < -0.3 is 0 Å². The molecule has 3 rings (SSSR count). The molecule has 4 nitrogen and oxygen atoms in total. The number of aromatic nitrogens is 3. The van der Waals surface area contributed by atoms with Gasteiger partial charge in [-0.1, -0.05) is 17.4 Å². The third-order valence-electron chi connectivity index (χ3n) is 2.50. The molecule has 0 fully saturated rings. The first kappa shape index (κ1) is 9.47. The molecule has 3 heterocycles. The number of hydrogen-bond acceptors (Lipinski definition) is 4. The molecule has 0 saturated carbocycles. The fourth-order valence-electron chi connectivity index (χ4n) is 1.90. The van der Waals surface area contributed by atoms with Crippen molar-refractivity contribution < 1.29 is 0 Å². The first-order valence-corrected chi connectivity index (χ1v) is 5.72. The molecule has 0 aliphatic carbocycles. The highest BCUT2D eigenvalue weighted by Gasteiger charge is 2.13. The lowest BCUT2D eigenvalue weighted by molar-refractivity contribution is 1.03. The van der Waals surface area contributed by atoms with Crippen molar-refractivity contribution in [1.29, 1.82) is 0 Å². The Kier molecular flexibility index (Phi) is 1.85. The van der Waals surface area contributed by atoms with Gasteiger partial charge in [0.05, 0.1) is 11.1 Å². The van der Waals surface area contributed by atoms with E-state index in [2.05, 4.69) is 16.0 Å². The van der Waals surface area contributed by atoms with Crippen molar-refractivity contribution in [2.75, 3.05) is 0 Å². The molecule has 0 saturated heterocycles. The molecule has 1 aromatic heterocycles. The molecule has 0 aromatic carbocycles. The molecule has 2 aliphatic rings. The number of pyridine rings is 1. The highest BCUT2D eigenvalue weighted by atomic mass is 32.1. The van der Waals surface area contributed by atoms with Crippen LogP contribution in [0.2, 0.25) is 0 Å². The van der Waals surface area contributed by atoms with Gasteiger partial charge in [0, 0.05) is 6.20 Å². The van der Waals surface area contributed by atoms with Gasteiger partial charge in [-0.2, -0.15) is 4.98 Å². The lowest BCUT2D eigenvalue weighted by atomic mass is 10.2. The predicted molar refractivity (Wildman–Crippen MR) is 63.2 cm³/mol. The van der Waals surface area contributed by atoms with E-state index in [1.807, 2.05) is 24.4 Å². The first-order chi connectivity index (χ1) is 7.65. The summed E-state index contributed by atoms with van der Waals surface area (Å²) in [5.41, 5.74) is 3.07. The van der Waals surface area contributed by atoms with Gasteiger partial charge in [-0.25, -0.2) is 4.98 Å². The average molecular weight is 231 g/mol. The summed E-state index contributed by atoms with van der Waals surface area (Å²) in [5, 5.41) is 0. The van der Waals surface area contributed by atoms with E-state index in [1.165, 1.54) is 0 Å². The third-order valence-corrected chi connectivity index (χ3v) is 3.28. The molecule has 0 amide bonds. The van der Waals surface area contributed by atoms with Crippen molar-refractivity contribution in [1.82, 2.24) is 14.4 Å². The second-order valence-electron chi connectivity index (χ2n) is 3.82. The molecular weight excluding hydrogens is 222 g/mol. The first-order valence-electron chi connectivity index (χ1n) is 4.90. The maximum absolute atomic E-state index is 11.3. The molecule has 0 atom stereocenters. The van der Waals surface area contributed by atoms with E-state index in [0.29, 0.717) is 5.82 Å². The highest BCUT2D eigenvalue weighted by molar-refractivity contribution is 7.12. The SMILES string of the molecule is Cc1cc(C)c2ncc3sc(=O)nc-3n2c1.